The summed E-state index contributed by atoms with van der Waals surface area (Å²) in [5.41, 5.74) is 1.71. The van der Waals surface area contributed by atoms with Crippen molar-refractivity contribution in [1.82, 2.24) is 15.3 Å². The number of para-hydroxylation sites is 1. The lowest BCUT2D eigenvalue weighted by molar-refractivity contribution is 0.0943. The van der Waals surface area contributed by atoms with Crippen LogP contribution in [0, 0.1) is 17.2 Å². The van der Waals surface area contributed by atoms with Crippen molar-refractivity contribution >= 4 is 16.9 Å². The lowest BCUT2D eigenvalue weighted by Crippen LogP contribution is -2.35. The standard InChI is InChI=1S/C14H12N4O/c15-8-12(9-4-5-9)18-14(19)10-2-1-3-11-13(10)17-7-6-16-11/h1-3,6-7,9,12H,4-5H2,(H,18,19). The normalized spacial score (nSPS) is 15.7. The smallest absolute Gasteiger partial charge is 0.254 e. The fourth-order valence-electron chi connectivity index (χ4n) is 2.08. The van der Waals surface area contributed by atoms with Crippen molar-refractivity contribution in [2.75, 3.05) is 0 Å². The van der Waals surface area contributed by atoms with Gasteiger partial charge in [0.1, 0.15) is 11.6 Å². The maximum absolute atomic E-state index is 12.2. The van der Waals surface area contributed by atoms with Crippen molar-refractivity contribution in [3.05, 3.63) is 36.2 Å². The number of nitrogens with zero attached hydrogens (tertiary/aromatic N) is 3. The van der Waals surface area contributed by atoms with Crippen LogP contribution in [0.2, 0.25) is 0 Å². The van der Waals surface area contributed by atoms with E-state index in [2.05, 4.69) is 21.4 Å². The molecule has 1 aromatic carbocycles. The Kier molecular flexibility index (Phi) is 2.84. The van der Waals surface area contributed by atoms with Gasteiger partial charge in [-0.2, -0.15) is 5.26 Å². The molecule has 1 saturated carbocycles. The predicted molar refractivity (Wildman–Crippen MR) is 69.1 cm³/mol. The first kappa shape index (κ1) is 11.6. The maximum Gasteiger partial charge on any atom is 0.254 e. The number of amides is 1. The van der Waals surface area contributed by atoms with E-state index < -0.39 is 6.04 Å². The van der Waals surface area contributed by atoms with Gasteiger partial charge in [-0.05, 0) is 30.9 Å². The summed E-state index contributed by atoms with van der Waals surface area (Å²) in [7, 11) is 0. The van der Waals surface area contributed by atoms with Crippen molar-refractivity contribution in [1.29, 1.82) is 5.26 Å². The van der Waals surface area contributed by atoms with Crippen LogP contribution in [0.5, 0.6) is 0 Å². The Morgan fingerprint density at radius 3 is 2.89 bits per heavy atom. The SMILES string of the molecule is N#CC(NC(=O)c1cccc2nccnc12)C1CC1. The van der Waals surface area contributed by atoms with E-state index in [4.69, 9.17) is 5.26 Å². The average Bonchev–Trinajstić information content (AvgIpc) is 3.28. The zero-order valence-electron chi connectivity index (χ0n) is 10.2. The molecule has 1 N–H and O–H groups in total. The largest absolute Gasteiger partial charge is 0.336 e. The molecule has 3 rings (SSSR count). The number of nitriles is 1. The molecule has 1 fully saturated rings. The highest BCUT2D eigenvalue weighted by Crippen LogP contribution is 2.32. The molecule has 1 atom stereocenters. The average molecular weight is 252 g/mol. The van der Waals surface area contributed by atoms with Crippen LogP contribution in [-0.2, 0) is 0 Å². The zero-order valence-corrected chi connectivity index (χ0v) is 10.2. The van der Waals surface area contributed by atoms with Crippen LogP contribution in [0.4, 0.5) is 0 Å². The van der Waals surface area contributed by atoms with Gasteiger partial charge in [-0.1, -0.05) is 6.07 Å². The summed E-state index contributed by atoms with van der Waals surface area (Å²) in [4.78, 5) is 20.6. The predicted octanol–water partition coefficient (Wildman–Crippen LogP) is 1.66. The van der Waals surface area contributed by atoms with Gasteiger partial charge in [0.15, 0.2) is 0 Å². The fourth-order valence-corrected chi connectivity index (χ4v) is 2.08. The molecular weight excluding hydrogens is 240 g/mol. The molecule has 19 heavy (non-hydrogen) atoms. The molecule has 1 unspecified atom stereocenters. The highest BCUT2D eigenvalue weighted by atomic mass is 16.1. The monoisotopic (exact) mass is 252 g/mol. The third kappa shape index (κ3) is 2.25. The Bertz CT molecular complexity index is 667. The summed E-state index contributed by atoms with van der Waals surface area (Å²) in [6, 6.07) is 7.02. The third-order valence-electron chi connectivity index (χ3n) is 3.26. The number of carbonyl (C=O) groups is 1. The molecule has 2 aromatic rings. The lowest BCUT2D eigenvalue weighted by atomic mass is 10.1. The number of rotatable bonds is 3. The first-order valence-electron chi connectivity index (χ1n) is 6.20. The molecule has 0 saturated heterocycles. The Balaban J connectivity index is 1.91. The van der Waals surface area contributed by atoms with Crippen LogP contribution in [0.3, 0.4) is 0 Å². The first-order chi connectivity index (χ1) is 9.29. The maximum atomic E-state index is 12.2. The van der Waals surface area contributed by atoms with Crippen LogP contribution in [0.25, 0.3) is 11.0 Å². The van der Waals surface area contributed by atoms with Gasteiger partial charge < -0.3 is 5.32 Å². The minimum atomic E-state index is -0.403. The van der Waals surface area contributed by atoms with E-state index in [0.29, 0.717) is 22.5 Å². The van der Waals surface area contributed by atoms with Crippen LogP contribution >= 0.6 is 0 Å². The van der Waals surface area contributed by atoms with Crippen LogP contribution < -0.4 is 5.32 Å². The summed E-state index contributed by atoms with van der Waals surface area (Å²) >= 11 is 0. The summed E-state index contributed by atoms with van der Waals surface area (Å²) < 4.78 is 0. The molecule has 1 aliphatic carbocycles. The Labute approximate surface area is 110 Å². The molecule has 0 bridgehead atoms. The fraction of sp³-hybridized carbons (Fsp3) is 0.286. The molecule has 5 heteroatoms. The van der Waals surface area contributed by atoms with Gasteiger partial charge in [-0.3, -0.25) is 14.8 Å². The molecular formula is C14H12N4O. The number of aromatic nitrogens is 2. The van der Waals surface area contributed by atoms with Crippen molar-refractivity contribution in [3.8, 4) is 6.07 Å². The molecule has 1 aromatic heterocycles. The van der Waals surface area contributed by atoms with E-state index in [1.165, 1.54) is 0 Å². The lowest BCUT2D eigenvalue weighted by Gasteiger charge is -2.11. The van der Waals surface area contributed by atoms with E-state index >= 15 is 0 Å². The van der Waals surface area contributed by atoms with Gasteiger partial charge in [0, 0.05) is 12.4 Å². The molecule has 94 valence electrons. The van der Waals surface area contributed by atoms with E-state index in [1.54, 1.807) is 24.5 Å². The summed E-state index contributed by atoms with van der Waals surface area (Å²) in [6.45, 7) is 0. The van der Waals surface area contributed by atoms with E-state index in [0.717, 1.165) is 12.8 Å². The second kappa shape index (κ2) is 4.65. The first-order valence-corrected chi connectivity index (χ1v) is 6.20. The van der Waals surface area contributed by atoms with Crippen molar-refractivity contribution < 1.29 is 4.79 Å². The topological polar surface area (TPSA) is 78.7 Å². The van der Waals surface area contributed by atoms with E-state index in [9.17, 15) is 4.79 Å². The molecule has 0 aliphatic heterocycles. The molecule has 0 radical (unpaired) electrons. The minimum absolute atomic E-state index is 0.260. The number of hydrogen-bond donors (Lipinski definition) is 1. The second-order valence-corrected chi connectivity index (χ2v) is 4.65. The third-order valence-corrected chi connectivity index (χ3v) is 3.26. The van der Waals surface area contributed by atoms with Gasteiger partial charge in [0.05, 0.1) is 17.1 Å². The molecule has 5 nitrogen and oxygen atoms in total. The van der Waals surface area contributed by atoms with Crippen LogP contribution in [-0.4, -0.2) is 21.9 Å². The highest BCUT2D eigenvalue weighted by molar-refractivity contribution is 6.04. The van der Waals surface area contributed by atoms with E-state index in [-0.39, 0.29) is 5.91 Å². The summed E-state index contributed by atoms with van der Waals surface area (Å²) in [5, 5.41) is 11.8. The Hall–Kier alpha value is -2.48. The molecule has 0 spiro atoms. The van der Waals surface area contributed by atoms with Gasteiger partial charge in [0.2, 0.25) is 0 Å². The summed E-state index contributed by atoms with van der Waals surface area (Å²) in [6.07, 6.45) is 5.16. The van der Waals surface area contributed by atoms with Crippen molar-refractivity contribution in [3.63, 3.8) is 0 Å². The molecule has 1 amide bonds. The highest BCUT2D eigenvalue weighted by Gasteiger charge is 2.32. The number of nitrogens with one attached hydrogen (secondary N) is 1. The van der Waals surface area contributed by atoms with E-state index in [1.807, 2.05) is 6.07 Å². The van der Waals surface area contributed by atoms with Crippen LogP contribution in [0.15, 0.2) is 30.6 Å². The van der Waals surface area contributed by atoms with Gasteiger partial charge in [-0.25, -0.2) is 0 Å². The number of benzene rings is 1. The van der Waals surface area contributed by atoms with Gasteiger partial charge in [0.25, 0.3) is 5.91 Å². The summed E-state index contributed by atoms with van der Waals surface area (Å²) in [5.74, 6) is 0.0413. The van der Waals surface area contributed by atoms with Crippen molar-refractivity contribution in [2.45, 2.75) is 18.9 Å². The number of hydrogen-bond acceptors (Lipinski definition) is 4. The number of carbonyl (C=O) groups excluding carboxylic acids is 1. The Morgan fingerprint density at radius 1 is 1.37 bits per heavy atom. The zero-order chi connectivity index (χ0) is 13.2. The van der Waals surface area contributed by atoms with Crippen LogP contribution in [0.1, 0.15) is 23.2 Å². The van der Waals surface area contributed by atoms with Gasteiger partial charge in [-0.15, -0.1) is 0 Å². The second-order valence-electron chi connectivity index (χ2n) is 4.65. The Morgan fingerprint density at radius 2 is 2.16 bits per heavy atom. The van der Waals surface area contributed by atoms with Gasteiger partial charge >= 0.3 is 0 Å². The van der Waals surface area contributed by atoms with Crippen molar-refractivity contribution in [2.24, 2.45) is 5.92 Å². The minimum Gasteiger partial charge on any atom is -0.336 e. The quantitative estimate of drug-likeness (QED) is 0.901. The molecule has 1 heterocycles. The molecule has 1 aliphatic rings. The number of fused-ring (bicyclic) bond motifs is 1.